The van der Waals surface area contributed by atoms with E-state index in [4.69, 9.17) is 5.11 Å². The summed E-state index contributed by atoms with van der Waals surface area (Å²) in [5.74, 6) is -5.84. The van der Waals surface area contributed by atoms with Crippen molar-refractivity contribution in [3.8, 4) is 0 Å². The molecule has 0 fully saturated rings. The average Bonchev–Trinajstić information content (AvgIpc) is 2.30. The maximum absolute atomic E-state index is 13.0. The van der Waals surface area contributed by atoms with E-state index in [1.165, 1.54) is 0 Å². The molecule has 0 radical (unpaired) electrons. The Balaban J connectivity index is 3.28. The molecule has 0 amide bonds. The van der Waals surface area contributed by atoms with Crippen LogP contribution in [0.4, 0.5) is 8.78 Å². The molecule has 92 valence electrons. The number of hydrogen-bond acceptors (Lipinski definition) is 4. The Labute approximate surface area is 94.2 Å². The lowest BCUT2D eigenvalue weighted by Crippen LogP contribution is -2.15. The number of benzene rings is 1. The largest absolute Gasteiger partial charge is 0.478 e. The fraction of sp³-hybridized carbons (Fsp3) is 0.200. The number of carboxylic acid groups (broad SMARTS) is 1. The summed E-state index contributed by atoms with van der Waals surface area (Å²) in [6.07, 6.45) is -1.87. The van der Waals surface area contributed by atoms with E-state index in [2.05, 4.69) is 4.74 Å². The normalized spacial score (nSPS) is 12.0. The second-order valence-electron chi connectivity index (χ2n) is 3.10. The molecule has 1 aromatic rings. The Hall–Kier alpha value is -2.02. The Bertz CT molecular complexity index is 472. The first-order valence-electron chi connectivity index (χ1n) is 4.36. The third kappa shape index (κ3) is 2.56. The Morgan fingerprint density at radius 1 is 1.35 bits per heavy atom. The van der Waals surface area contributed by atoms with Crippen molar-refractivity contribution in [2.24, 2.45) is 0 Å². The minimum absolute atomic E-state index is 0.395. The molecule has 1 atom stereocenters. The van der Waals surface area contributed by atoms with Gasteiger partial charge in [0.05, 0.1) is 12.7 Å². The minimum Gasteiger partial charge on any atom is -0.478 e. The fourth-order valence-electron chi connectivity index (χ4n) is 1.17. The Kier molecular flexibility index (Phi) is 3.74. The van der Waals surface area contributed by atoms with Gasteiger partial charge in [0.25, 0.3) is 0 Å². The molecule has 17 heavy (non-hydrogen) atoms. The lowest BCUT2D eigenvalue weighted by atomic mass is 10.0. The lowest BCUT2D eigenvalue weighted by molar-refractivity contribution is -0.150. The van der Waals surface area contributed by atoms with Gasteiger partial charge >= 0.3 is 11.9 Å². The maximum Gasteiger partial charge on any atom is 0.339 e. The van der Waals surface area contributed by atoms with E-state index in [9.17, 15) is 23.5 Å². The summed E-state index contributed by atoms with van der Waals surface area (Å²) in [5.41, 5.74) is -1.36. The number of carbonyl (C=O) groups is 2. The van der Waals surface area contributed by atoms with Gasteiger partial charge in [0.15, 0.2) is 17.7 Å². The summed E-state index contributed by atoms with van der Waals surface area (Å²) in [7, 11) is 0.990. The third-order valence-electron chi connectivity index (χ3n) is 2.02. The van der Waals surface area contributed by atoms with Crippen molar-refractivity contribution in [1.29, 1.82) is 0 Å². The van der Waals surface area contributed by atoms with Gasteiger partial charge in [0.2, 0.25) is 0 Å². The highest BCUT2D eigenvalue weighted by Gasteiger charge is 2.23. The van der Waals surface area contributed by atoms with Crippen molar-refractivity contribution in [2.75, 3.05) is 7.11 Å². The van der Waals surface area contributed by atoms with E-state index in [0.717, 1.165) is 7.11 Å². The summed E-state index contributed by atoms with van der Waals surface area (Å²) >= 11 is 0. The van der Waals surface area contributed by atoms with E-state index >= 15 is 0 Å². The quantitative estimate of drug-likeness (QED) is 0.773. The average molecular weight is 246 g/mol. The van der Waals surface area contributed by atoms with Crippen LogP contribution in [-0.4, -0.2) is 29.3 Å². The van der Waals surface area contributed by atoms with Crippen LogP contribution in [0.1, 0.15) is 22.0 Å². The number of carbonyl (C=O) groups excluding carboxylic acids is 1. The van der Waals surface area contributed by atoms with Gasteiger partial charge in [0, 0.05) is 0 Å². The van der Waals surface area contributed by atoms with Gasteiger partial charge in [-0.3, -0.25) is 0 Å². The number of ether oxygens (including phenoxy) is 1. The second-order valence-corrected chi connectivity index (χ2v) is 3.10. The van der Waals surface area contributed by atoms with Gasteiger partial charge < -0.3 is 14.9 Å². The highest BCUT2D eigenvalue weighted by Crippen LogP contribution is 2.21. The number of methoxy groups -OCH3 is 1. The van der Waals surface area contributed by atoms with E-state index in [1.54, 1.807) is 0 Å². The van der Waals surface area contributed by atoms with Crippen LogP contribution in [-0.2, 0) is 9.53 Å². The zero-order chi connectivity index (χ0) is 13.2. The number of aliphatic hydroxyl groups excluding tert-OH is 1. The van der Waals surface area contributed by atoms with Gasteiger partial charge in [0.1, 0.15) is 0 Å². The summed E-state index contributed by atoms with van der Waals surface area (Å²) < 4.78 is 30.2. The molecule has 0 saturated carbocycles. The van der Waals surface area contributed by atoms with Crippen LogP contribution in [0.3, 0.4) is 0 Å². The van der Waals surface area contributed by atoms with Crippen molar-refractivity contribution in [1.82, 2.24) is 0 Å². The van der Waals surface area contributed by atoms with E-state index in [0.29, 0.717) is 12.1 Å². The molecule has 0 aliphatic rings. The topological polar surface area (TPSA) is 83.8 Å². The predicted molar refractivity (Wildman–Crippen MR) is 50.3 cm³/mol. The summed E-state index contributed by atoms with van der Waals surface area (Å²) in [6, 6.07) is 1.20. The Morgan fingerprint density at radius 3 is 2.41 bits per heavy atom. The standard InChI is InChI=1S/C10H8F2O5/c1-17-10(16)8(13)4-2-5(9(14)15)7(12)6(11)3-4/h2-3,8,13H,1H3,(H,14,15). The van der Waals surface area contributed by atoms with Crippen molar-refractivity contribution >= 4 is 11.9 Å². The number of aromatic carboxylic acids is 1. The van der Waals surface area contributed by atoms with Crippen LogP contribution in [0, 0.1) is 11.6 Å². The van der Waals surface area contributed by atoms with E-state index < -0.39 is 40.8 Å². The van der Waals surface area contributed by atoms with E-state index in [1.807, 2.05) is 0 Å². The fourth-order valence-corrected chi connectivity index (χ4v) is 1.17. The molecule has 0 aromatic heterocycles. The number of esters is 1. The zero-order valence-electron chi connectivity index (χ0n) is 8.61. The molecule has 5 nitrogen and oxygen atoms in total. The molecule has 2 N–H and O–H groups in total. The predicted octanol–water partition coefficient (Wildman–Crippen LogP) is 0.869. The minimum atomic E-state index is -1.87. The summed E-state index contributed by atoms with van der Waals surface area (Å²) in [5, 5.41) is 17.9. The molecule has 7 heteroatoms. The van der Waals surface area contributed by atoms with Crippen LogP contribution in [0.5, 0.6) is 0 Å². The molecule has 0 heterocycles. The molecule has 0 saturated heterocycles. The molecular formula is C10H8F2O5. The highest BCUT2D eigenvalue weighted by molar-refractivity contribution is 5.88. The van der Waals surface area contributed by atoms with Crippen molar-refractivity contribution in [2.45, 2.75) is 6.10 Å². The number of halogens is 2. The van der Waals surface area contributed by atoms with Gasteiger partial charge in [-0.25, -0.2) is 18.4 Å². The van der Waals surface area contributed by atoms with E-state index in [-0.39, 0.29) is 0 Å². The van der Waals surface area contributed by atoms with Crippen LogP contribution in [0.2, 0.25) is 0 Å². The monoisotopic (exact) mass is 246 g/mol. The smallest absolute Gasteiger partial charge is 0.339 e. The zero-order valence-corrected chi connectivity index (χ0v) is 8.61. The molecule has 0 bridgehead atoms. The number of hydrogen-bond donors (Lipinski definition) is 2. The number of rotatable bonds is 3. The van der Waals surface area contributed by atoms with Crippen molar-refractivity contribution < 1.29 is 33.3 Å². The van der Waals surface area contributed by atoms with Gasteiger partial charge in [-0.05, 0) is 17.7 Å². The number of aliphatic hydroxyl groups is 1. The third-order valence-corrected chi connectivity index (χ3v) is 2.02. The van der Waals surface area contributed by atoms with Crippen molar-refractivity contribution in [3.05, 3.63) is 34.9 Å². The second kappa shape index (κ2) is 4.88. The number of carboxylic acids is 1. The van der Waals surface area contributed by atoms with Crippen molar-refractivity contribution in [3.63, 3.8) is 0 Å². The molecule has 0 spiro atoms. The van der Waals surface area contributed by atoms with Gasteiger partial charge in [-0.2, -0.15) is 0 Å². The summed E-state index contributed by atoms with van der Waals surface area (Å²) in [4.78, 5) is 21.5. The summed E-state index contributed by atoms with van der Waals surface area (Å²) in [6.45, 7) is 0. The SMILES string of the molecule is COC(=O)C(O)c1cc(F)c(F)c(C(=O)O)c1. The molecule has 1 aromatic carbocycles. The highest BCUT2D eigenvalue weighted by atomic mass is 19.2. The molecular weight excluding hydrogens is 238 g/mol. The molecule has 0 aliphatic carbocycles. The Morgan fingerprint density at radius 2 is 1.94 bits per heavy atom. The maximum atomic E-state index is 13.0. The first kappa shape index (κ1) is 13.0. The first-order valence-corrected chi connectivity index (χ1v) is 4.36. The molecule has 1 unspecified atom stereocenters. The van der Waals surface area contributed by atoms with Crippen LogP contribution in [0.15, 0.2) is 12.1 Å². The first-order chi connectivity index (χ1) is 7.88. The van der Waals surface area contributed by atoms with Crippen LogP contribution >= 0.6 is 0 Å². The lowest BCUT2D eigenvalue weighted by Gasteiger charge is -2.10. The molecule has 1 rings (SSSR count). The molecule has 0 aliphatic heterocycles. The van der Waals surface area contributed by atoms with Gasteiger partial charge in [-0.15, -0.1) is 0 Å². The van der Waals surface area contributed by atoms with Crippen LogP contribution < -0.4 is 0 Å². The van der Waals surface area contributed by atoms with Crippen LogP contribution in [0.25, 0.3) is 0 Å². The van der Waals surface area contributed by atoms with Gasteiger partial charge in [-0.1, -0.05) is 0 Å².